The number of hydrogen-bond acceptors (Lipinski definition) is 2. The van der Waals surface area contributed by atoms with E-state index >= 15 is 0 Å². The first-order valence-electron chi connectivity index (χ1n) is 32.0. The zero-order chi connectivity index (χ0) is 59.6. The molecule has 92 heavy (non-hydrogen) atoms. The fourth-order valence-electron chi connectivity index (χ4n) is 17.2. The summed E-state index contributed by atoms with van der Waals surface area (Å²) >= 11 is 0. The number of aromatic nitrogens is 2. The van der Waals surface area contributed by atoms with Crippen LogP contribution in [0.1, 0.15) is 0 Å². The molecule has 16 aromatic carbocycles. The van der Waals surface area contributed by atoms with Crippen LogP contribution in [-0.2, 0) is 0 Å². The van der Waals surface area contributed by atoms with Crippen LogP contribution in [0.4, 0.5) is 34.1 Å². The Morgan fingerprint density at radius 2 is 0.630 bits per heavy atom. The Kier molecular flexibility index (Phi) is 9.41. The molecule has 6 heterocycles. The van der Waals surface area contributed by atoms with Crippen LogP contribution in [0.25, 0.3) is 176 Å². The Morgan fingerprint density at radius 1 is 0.185 bits per heavy atom. The summed E-state index contributed by atoms with van der Waals surface area (Å²) in [6.07, 6.45) is 0. The van der Waals surface area contributed by atoms with Gasteiger partial charge in [0.15, 0.2) is 0 Å². The molecule has 2 aromatic heterocycles. The van der Waals surface area contributed by atoms with Crippen LogP contribution in [0.3, 0.4) is 0 Å². The van der Waals surface area contributed by atoms with Crippen LogP contribution in [0.5, 0.6) is 0 Å². The minimum absolute atomic E-state index is 1.14. The van der Waals surface area contributed by atoms with Gasteiger partial charge in [-0.3, -0.25) is 0 Å². The first kappa shape index (κ1) is 48.7. The highest BCUT2D eigenvalue weighted by molar-refractivity contribution is 6.29. The van der Waals surface area contributed by atoms with E-state index in [4.69, 9.17) is 0 Å². The van der Waals surface area contributed by atoms with Gasteiger partial charge in [-0.15, -0.1) is 0 Å². The van der Waals surface area contributed by atoms with Gasteiger partial charge < -0.3 is 18.9 Å². The van der Waals surface area contributed by atoms with E-state index < -0.39 is 0 Å². The van der Waals surface area contributed by atoms with E-state index in [1.165, 1.54) is 204 Å². The van der Waals surface area contributed by atoms with E-state index in [9.17, 15) is 0 Å². The number of benzene rings is 16. The molecule has 0 saturated carbocycles. The molecule has 0 bridgehead atoms. The number of rotatable bonds is 5. The lowest BCUT2D eigenvalue weighted by Gasteiger charge is -2.39. The lowest BCUT2D eigenvalue weighted by molar-refractivity contribution is 1.18. The predicted molar refractivity (Wildman–Crippen MR) is 387 cm³/mol. The molecule has 22 rings (SSSR count). The van der Waals surface area contributed by atoms with Gasteiger partial charge in [-0.2, -0.15) is 0 Å². The molecule has 0 unspecified atom stereocenters. The topological polar surface area (TPSA) is 16.3 Å². The summed E-state index contributed by atoms with van der Waals surface area (Å²) in [5, 5.41) is 15.1. The van der Waals surface area contributed by atoms with Crippen molar-refractivity contribution >= 4 is 121 Å². The Morgan fingerprint density at radius 3 is 1.42 bits per heavy atom. The summed E-state index contributed by atoms with van der Waals surface area (Å²) in [4.78, 5) is 5.13. The second kappa shape index (κ2) is 17.8. The lowest BCUT2D eigenvalue weighted by Crippen LogP contribution is -2.19. The standard InChI is InChI=1S/C88H50N4/c1-3-18-57(19-4-1)89-75-28-9-8-23-62(75)72-47-53(33-43-77(72)89)54-34-44-79-74(48-54)67-25-12-16-52-31-37-70-66-27-14-26-64-60(42-46-81(85(64)66)92(79)87(70)84(52)67)56-32-36-63-73-49-55(35-45-78(73)90(82(63)50-56)58-20-5-2-6-21-58)59-38-39-69-61-22-7-10-29-76(61)91-80-30-13-17-51-15-11-24-65(83(51)80)71-41-40-68(59)86(69)88(71)91/h1-50H. The maximum absolute atomic E-state index is 2.58. The van der Waals surface area contributed by atoms with Crippen molar-refractivity contribution in [3.05, 3.63) is 303 Å². The first-order chi connectivity index (χ1) is 45.7. The quantitative estimate of drug-likeness (QED) is 0.171. The summed E-state index contributed by atoms with van der Waals surface area (Å²) in [5.41, 5.74) is 31.9. The Bertz CT molecular complexity index is 6380. The summed E-state index contributed by atoms with van der Waals surface area (Å²) in [7, 11) is 0. The van der Waals surface area contributed by atoms with E-state index in [1.807, 2.05) is 0 Å². The molecular formula is C88H50N4. The summed E-state index contributed by atoms with van der Waals surface area (Å²) < 4.78 is 4.87. The molecule has 0 atom stereocenters. The van der Waals surface area contributed by atoms with E-state index in [-0.39, 0.29) is 0 Å². The number of fused-ring (bicyclic) bond motifs is 16. The molecule has 0 N–H and O–H groups in total. The van der Waals surface area contributed by atoms with Crippen molar-refractivity contribution in [2.45, 2.75) is 0 Å². The fraction of sp³-hybridized carbons (Fsp3) is 0. The Hall–Kier alpha value is -12.2. The highest BCUT2D eigenvalue weighted by Crippen LogP contribution is 2.62. The normalized spacial score (nSPS) is 13.0. The third-order valence-corrected chi connectivity index (χ3v) is 21.0. The molecule has 0 spiro atoms. The lowest BCUT2D eigenvalue weighted by atomic mass is 9.81. The highest BCUT2D eigenvalue weighted by atomic mass is 15.2. The van der Waals surface area contributed by atoms with Gasteiger partial charge in [-0.1, -0.05) is 212 Å². The number of para-hydroxylation sites is 4. The largest absolute Gasteiger partial charge is 0.309 e. The second-order valence-electron chi connectivity index (χ2n) is 25.4. The van der Waals surface area contributed by atoms with Crippen LogP contribution < -0.4 is 9.80 Å². The second-order valence-corrected chi connectivity index (χ2v) is 25.4. The first-order valence-corrected chi connectivity index (χ1v) is 32.0. The van der Waals surface area contributed by atoms with Crippen molar-refractivity contribution in [3.63, 3.8) is 0 Å². The van der Waals surface area contributed by atoms with Crippen LogP contribution in [-0.4, -0.2) is 9.13 Å². The minimum atomic E-state index is 1.14. The van der Waals surface area contributed by atoms with Crippen molar-refractivity contribution in [3.8, 4) is 89.3 Å². The maximum Gasteiger partial charge on any atom is 0.0625 e. The number of nitrogens with zero attached hydrogens (tertiary/aromatic N) is 4. The van der Waals surface area contributed by atoms with Crippen LogP contribution in [0, 0.1) is 0 Å². The zero-order valence-corrected chi connectivity index (χ0v) is 49.7. The molecule has 0 aliphatic carbocycles. The molecule has 0 fully saturated rings. The van der Waals surface area contributed by atoms with E-state index in [2.05, 4.69) is 322 Å². The fourth-order valence-corrected chi connectivity index (χ4v) is 17.2. The third-order valence-electron chi connectivity index (χ3n) is 21.0. The molecule has 4 aliphatic rings. The minimum Gasteiger partial charge on any atom is -0.309 e. The number of hydrogen-bond donors (Lipinski definition) is 0. The molecule has 0 radical (unpaired) electrons. The Balaban J connectivity index is 0.700. The van der Waals surface area contributed by atoms with Gasteiger partial charge in [0.2, 0.25) is 0 Å². The van der Waals surface area contributed by atoms with E-state index in [1.54, 1.807) is 0 Å². The van der Waals surface area contributed by atoms with Gasteiger partial charge in [0.25, 0.3) is 0 Å². The van der Waals surface area contributed by atoms with Gasteiger partial charge >= 0.3 is 0 Å². The van der Waals surface area contributed by atoms with Gasteiger partial charge in [-0.25, -0.2) is 0 Å². The molecule has 422 valence electrons. The molecule has 4 heteroatoms. The monoisotopic (exact) mass is 1160 g/mol. The van der Waals surface area contributed by atoms with Crippen molar-refractivity contribution < 1.29 is 0 Å². The molecular weight excluding hydrogens is 1110 g/mol. The smallest absolute Gasteiger partial charge is 0.0625 e. The van der Waals surface area contributed by atoms with Gasteiger partial charge in [-0.05, 0) is 168 Å². The van der Waals surface area contributed by atoms with Crippen molar-refractivity contribution in [2.75, 3.05) is 9.80 Å². The predicted octanol–water partition coefficient (Wildman–Crippen LogP) is 24.4. The summed E-state index contributed by atoms with van der Waals surface area (Å²) in [6, 6.07) is 114. The summed E-state index contributed by atoms with van der Waals surface area (Å²) in [5.74, 6) is 0. The van der Waals surface area contributed by atoms with Crippen LogP contribution in [0.15, 0.2) is 303 Å². The zero-order valence-electron chi connectivity index (χ0n) is 49.7. The van der Waals surface area contributed by atoms with Crippen molar-refractivity contribution in [2.24, 2.45) is 0 Å². The molecule has 0 amide bonds. The van der Waals surface area contributed by atoms with Crippen LogP contribution in [0.2, 0.25) is 0 Å². The maximum atomic E-state index is 2.58. The van der Waals surface area contributed by atoms with Gasteiger partial charge in [0.1, 0.15) is 0 Å². The average Bonchev–Trinajstić information content (AvgIpc) is 0.992. The van der Waals surface area contributed by atoms with Gasteiger partial charge in [0.05, 0.1) is 56.2 Å². The van der Waals surface area contributed by atoms with Crippen LogP contribution >= 0.6 is 0 Å². The highest BCUT2D eigenvalue weighted by Gasteiger charge is 2.37. The average molecular weight is 1160 g/mol. The summed E-state index contributed by atoms with van der Waals surface area (Å²) in [6.45, 7) is 0. The van der Waals surface area contributed by atoms with E-state index in [0.29, 0.717) is 0 Å². The Labute approximate surface area is 529 Å². The van der Waals surface area contributed by atoms with Crippen molar-refractivity contribution in [1.82, 2.24) is 9.13 Å². The van der Waals surface area contributed by atoms with Gasteiger partial charge in [0, 0.05) is 76.7 Å². The van der Waals surface area contributed by atoms with E-state index in [0.717, 1.165) is 5.69 Å². The number of anilines is 6. The molecule has 0 saturated heterocycles. The molecule has 4 aliphatic heterocycles. The SMILES string of the molecule is c1ccc(-n2c3ccccc3c3cc(-c4ccc5c(c4)-c4cccc6ccc7c(c46)N5c4ccc(-c5ccc6c8cc(-c9ccc%10c%11c%12c(ccc9%11)-c9cccc%11cccc(c9%11)N%12c9ccccc9-%10)ccc8n(-c8ccccc8)c6c5)c5cccc-7c45)ccc32)cc1. The third kappa shape index (κ3) is 6.30. The van der Waals surface area contributed by atoms with Crippen molar-refractivity contribution in [1.29, 1.82) is 0 Å². The molecule has 18 aromatic rings. The molecule has 4 nitrogen and oxygen atoms in total.